The van der Waals surface area contributed by atoms with Crippen LogP contribution in [0.1, 0.15) is 24.1 Å². The molecule has 1 atom stereocenters. The summed E-state index contributed by atoms with van der Waals surface area (Å²) in [4.78, 5) is 32.2. The molecule has 1 aromatic heterocycles. The molecule has 36 heavy (non-hydrogen) atoms. The van der Waals surface area contributed by atoms with E-state index in [1.54, 1.807) is 19.1 Å². The summed E-state index contributed by atoms with van der Waals surface area (Å²) in [5.41, 5.74) is 2.26. The van der Waals surface area contributed by atoms with Crippen LogP contribution in [0.2, 0.25) is 10.0 Å². The van der Waals surface area contributed by atoms with Gasteiger partial charge in [-0.3, -0.25) is 14.2 Å². The number of allylic oxidation sites excluding steroid dienone is 1. The average molecular weight is 536 g/mol. The van der Waals surface area contributed by atoms with E-state index in [1.165, 1.54) is 22.8 Å². The number of carbonyl (C=O) groups is 1. The van der Waals surface area contributed by atoms with Crippen LogP contribution in [0, 0.1) is 0 Å². The maximum Gasteiger partial charge on any atom is 0.271 e. The maximum absolute atomic E-state index is 13.7. The van der Waals surface area contributed by atoms with Crippen molar-refractivity contribution in [3.8, 4) is 5.75 Å². The number of rotatable bonds is 4. The lowest BCUT2D eigenvalue weighted by atomic mass is 9.95. The van der Waals surface area contributed by atoms with E-state index in [0.717, 1.165) is 16.9 Å². The number of hydrogen-bond acceptors (Lipinski definition) is 5. The van der Waals surface area contributed by atoms with Crippen molar-refractivity contribution in [1.82, 2.24) is 4.57 Å². The van der Waals surface area contributed by atoms with E-state index < -0.39 is 6.04 Å². The number of para-hydroxylation sites is 1. The van der Waals surface area contributed by atoms with E-state index in [0.29, 0.717) is 36.9 Å². The number of hydrogen-bond donors (Lipinski definition) is 2. The predicted molar refractivity (Wildman–Crippen MR) is 143 cm³/mol. The molecule has 0 radical (unpaired) electrons. The Balaban J connectivity index is 1.69. The summed E-state index contributed by atoms with van der Waals surface area (Å²) >= 11 is 13.3. The molecule has 0 saturated heterocycles. The average Bonchev–Trinajstić information content (AvgIpc) is 3.16. The lowest BCUT2D eigenvalue weighted by Crippen LogP contribution is -2.40. The van der Waals surface area contributed by atoms with Crippen LogP contribution in [0.5, 0.6) is 5.75 Å². The molecule has 1 amide bonds. The fourth-order valence-electron chi connectivity index (χ4n) is 4.12. The number of phenols is 1. The molecular weight excluding hydrogens is 517 g/mol. The number of aromatic hydroxyl groups is 1. The zero-order valence-corrected chi connectivity index (χ0v) is 21.2. The smallest absolute Gasteiger partial charge is 0.271 e. The fraction of sp³-hybridized carbons (Fsp3) is 0.0741. The summed E-state index contributed by atoms with van der Waals surface area (Å²) in [6, 6.07) is 20.7. The minimum absolute atomic E-state index is 0.0828. The second-order valence-electron chi connectivity index (χ2n) is 8.14. The van der Waals surface area contributed by atoms with Gasteiger partial charge in [0, 0.05) is 16.3 Å². The van der Waals surface area contributed by atoms with E-state index in [4.69, 9.17) is 23.2 Å². The van der Waals surface area contributed by atoms with Gasteiger partial charge in [-0.15, -0.1) is 0 Å². The summed E-state index contributed by atoms with van der Waals surface area (Å²) in [6.45, 7) is 1.76. The Bertz CT molecular complexity index is 1690. The molecule has 0 saturated carbocycles. The van der Waals surface area contributed by atoms with Crippen LogP contribution in [0.3, 0.4) is 0 Å². The Morgan fingerprint density at radius 3 is 2.44 bits per heavy atom. The second kappa shape index (κ2) is 9.78. The number of halogens is 2. The first kappa shape index (κ1) is 24.1. The lowest BCUT2D eigenvalue weighted by Gasteiger charge is -2.25. The first-order valence-corrected chi connectivity index (χ1v) is 12.5. The lowest BCUT2D eigenvalue weighted by molar-refractivity contribution is -0.113. The number of aromatic nitrogens is 1. The molecule has 1 unspecified atom stereocenters. The normalized spacial score (nSPS) is 15.4. The van der Waals surface area contributed by atoms with Crippen LogP contribution in [-0.2, 0) is 4.79 Å². The topological polar surface area (TPSA) is 83.7 Å². The molecule has 1 aliphatic rings. The fourth-order valence-corrected chi connectivity index (χ4v) is 5.67. The number of fused-ring (bicyclic) bond motifs is 1. The third kappa shape index (κ3) is 4.48. The van der Waals surface area contributed by atoms with Crippen molar-refractivity contribution in [2.75, 3.05) is 5.32 Å². The number of carbonyl (C=O) groups excluding carboxylic acids is 1. The molecule has 0 bridgehead atoms. The van der Waals surface area contributed by atoms with Crippen LogP contribution in [0.15, 0.2) is 93.9 Å². The molecule has 0 fully saturated rings. The van der Waals surface area contributed by atoms with Gasteiger partial charge in [0.2, 0.25) is 0 Å². The first-order valence-electron chi connectivity index (χ1n) is 11.0. The number of anilines is 1. The van der Waals surface area contributed by atoms with Crippen molar-refractivity contribution >= 4 is 52.2 Å². The summed E-state index contributed by atoms with van der Waals surface area (Å²) in [5.74, 6) is -0.518. The van der Waals surface area contributed by atoms with E-state index in [1.807, 2.05) is 48.5 Å². The van der Waals surface area contributed by atoms with Gasteiger partial charge < -0.3 is 10.4 Å². The van der Waals surface area contributed by atoms with Crippen molar-refractivity contribution in [3.63, 3.8) is 0 Å². The first-order chi connectivity index (χ1) is 17.3. The minimum atomic E-state index is -0.690. The molecule has 6 nitrogen and oxygen atoms in total. The molecule has 2 N–H and O–H groups in total. The van der Waals surface area contributed by atoms with Crippen LogP contribution < -0.4 is 20.2 Å². The number of benzene rings is 3. The van der Waals surface area contributed by atoms with Gasteiger partial charge >= 0.3 is 0 Å². The molecule has 9 heteroatoms. The molecule has 1 aliphatic heterocycles. The monoisotopic (exact) mass is 535 g/mol. The highest BCUT2D eigenvalue weighted by atomic mass is 35.5. The van der Waals surface area contributed by atoms with E-state index >= 15 is 0 Å². The molecule has 4 aromatic rings. The Kier molecular flexibility index (Phi) is 6.53. The number of amides is 1. The Hall–Kier alpha value is -3.65. The largest absolute Gasteiger partial charge is 0.506 e. The number of nitrogens with one attached hydrogen (secondary N) is 1. The number of phenolic OH excluding ortho intramolecular Hbond substituents is 1. The third-order valence-electron chi connectivity index (χ3n) is 5.76. The number of nitrogens with zero attached hydrogens (tertiary/aromatic N) is 2. The van der Waals surface area contributed by atoms with Crippen molar-refractivity contribution in [1.29, 1.82) is 0 Å². The minimum Gasteiger partial charge on any atom is -0.506 e. The highest BCUT2D eigenvalue weighted by molar-refractivity contribution is 7.07. The van der Waals surface area contributed by atoms with Gasteiger partial charge in [-0.2, -0.15) is 0 Å². The Morgan fingerprint density at radius 2 is 1.75 bits per heavy atom. The van der Waals surface area contributed by atoms with Gasteiger partial charge in [0.15, 0.2) is 4.80 Å². The Labute approximate surface area is 220 Å². The van der Waals surface area contributed by atoms with Crippen LogP contribution in [0.4, 0.5) is 5.69 Å². The summed E-state index contributed by atoms with van der Waals surface area (Å²) < 4.78 is 1.84. The van der Waals surface area contributed by atoms with Crippen LogP contribution in [0.25, 0.3) is 6.08 Å². The van der Waals surface area contributed by atoms with Crippen molar-refractivity contribution < 1.29 is 9.90 Å². The highest BCUT2D eigenvalue weighted by Crippen LogP contribution is 2.32. The van der Waals surface area contributed by atoms with Crippen molar-refractivity contribution in [2.24, 2.45) is 4.99 Å². The van der Waals surface area contributed by atoms with Gasteiger partial charge in [-0.25, -0.2) is 4.99 Å². The molecule has 5 rings (SSSR count). The molecule has 180 valence electrons. The van der Waals surface area contributed by atoms with E-state index in [2.05, 4.69) is 10.3 Å². The van der Waals surface area contributed by atoms with E-state index in [-0.39, 0.29) is 22.2 Å². The van der Waals surface area contributed by atoms with Crippen LogP contribution in [-0.4, -0.2) is 15.6 Å². The third-order valence-corrected chi connectivity index (χ3v) is 7.25. The maximum atomic E-state index is 13.7. The molecule has 0 spiro atoms. The molecule has 3 aromatic carbocycles. The van der Waals surface area contributed by atoms with Crippen LogP contribution >= 0.6 is 34.5 Å². The summed E-state index contributed by atoms with van der Waals surface area (Å²) in [7, 11) is 0. The molecule has 2 heterocycles. The van der Waals surface area contributed by atoms with Gasteiger partial charge in [0.1, 0.15) is 5.75 Å². The zero-order valence-electron chi connectivity index (χ0n) is 18.9. The molecule has 0 aliphatic carbocycles. The zero-order chi connectivity index (χ0) is 25.4. The van der Waals surface area contributed by atoms with Gasteiger partial charge in [-0.1, -0.05) is 83.1 Å². The summed E-state index contributed by atoms with van der Waals surface area (Å²) in [6.07, 6.45) is 1.53. The predicted octanol–water partition coefficient (Wildman–Crippen LogP) is 4.89. The van der Waals surface area contributed by atoms with Crippen molar-refractivity contribution in [2.45, 2.75) is 13.0 Å². The van der Waals surface area contributed by atoms with Gasteiger partial charge in [0.05, 0.1) is 26.9 Å². The second-order valence-corrected chi connectivity index (χ2v) is 9.99. The number of thiazole rings is 1. The Morgan fingerprint density at radius 1 is 1.08 bits per heavy atom. The van der Waals surface area contributed by atoms with E-state index in [9.17, 15) is 14.7 Å². The molecular formula is C27H19Cl2N3O3S. The highest BCUT2D eigenvalue weighted by Gasteiger charge is 2.32. The van der Waals surface area contributed by atoms with Gasteiger partial charge in [0.25, 0.3) is 11.5 Å². The standard InChI is InChI=1S/C27H19Cl2N3O3S/c1-15-22(25(34)31-19-10-6-3-7-11-19)23(16-8-4-2-5-9-16)32-26(35)21(36-27(32)30-15)13-17-12-18(28)14-20(29)24(17)33/h2-14,23,33H,1H3,(H,31,34). The quantitative estimate of drug-likeness (QED) is 0.390. The SMILES string of the molecule is CC1=C(C(=O)Nc2ccccc2)C(c2ccccc2)n2c(sc(=Cc3cc(Cl)cc(Cl)c3O)c2=O)=N1. The van der Waals surface area contributed by atoms with Crippen molar-refractivity contribution in [3.05, 3.63) is 125 Å². The van der Waals surface area contributed by atoms with Gasteiger partial charge in [-0.05, 0) is 42.8 Å². The summed E-state index contributed by atoms with van der Waals surface area (Å²) in [5, 5.41) is 13.7.